The van der Waals surface area contributed by atoms with Crippen LogP contribution in [0.2, 0.25) is 0 Å². The number of sulfonamides is 1. The highest BCUT2D eigenvalue weighted by atomic mass is 32.2. The smallest absolute Gasteiger partial charge is 0.243 e. The van der Waals surface area contributed by atoms with Crippen molar-refractivity contribution in [2.24, 2.45) is 0 Å². The maximum atomic E-state index is 11.7. The third-order valence-corrected chi connectivity index (χ3v) is 3.78. The van der Waals surface area contributed by atoms with Crippen molar-refractivity contribution in [1.82, 2.24) is 25.3 Å². The van der Waals surface area contributed by atoms with Gasteiger partial charge in [0.2, 0.25) is 15.8 Å². The zero-order valence-corrected chi connectivity index (χ0v) is 10.5. The maximum Gasteiger partial charge on any atom is 0.243 e. The van der Waals surface area contributed by atoms with Crippen LogP contribution in [0.4, 0.5) is 0 Å². The second-order valence-corrected chi connectivity index (χ2v) is 5.16. The van der Waals surface area contributed by atoms with E-state index in [1.807, 2.05) is 0 Å². The molecule has 96 valence electrons. The Bertz CT molecular complexity index is 638. The highest BCUT2D eigenvalue weighted by molar-refractivity contribution is 7.89. The molecule has 0 amide bonds. The Balaban J connectivity index is 2.54. The summed E-state index contributed by atoms with van der Waals surface area (Å²) in [6, 6.07) is 4.54. The number of benzene rings is 1. The average Bonchev–Trinajstić information content (AvgIpc) is 2.91. The van der Waals surface area contributed by atoms with Gasteiger partial charge in [-0.3, -0.25) is 0 Å². The van der Waals surface area contributed by atoms with Gasteiger partial charge in [0.25, 0.3) is 0 Å². The largest absolute Gasteiger partial charge is 0.495 e. The lowest BCUT2D eigenvalue weighted by atomic mass is 10.2. The lowest BCUT2D eigenvalue weighted by Gasteiger charge is -2.09. The van der Waals surface area contributed by atoms with E-state index in [1.54, 1.807) is 6.07 Å². The molecule has 0 atom stereocenters. The molecule has 9 heteroatoms. The molecule has 1 aromatic carbocycles. The highest BCUT2D eigenvalue weighted by Gasteiger charge is 2.18. The molecule has 18 heavy (non-hydrogen) atoms. The lowest BCUT2D eigenvalue weighted by molar-refractivity contribution is 0.402. The summed E-state index contributed by atoms with van der Waals surface area (Å²) in [5.74, 6) is 0.577. The van der Waals surface area contributed by atoms with Crippen molar-refractivity contribution in [1.29, 1.82) is 0 Å². The van der Waals surface area contributed by atoms with Crippen LogP contribution >= 0.6 is 0 Å². The van der Waals surface area contributed by atoms with Crippen molar-refractivity contribution in [3.8, 4) is 17.1 Å². The molecule has 0 aliphatic rings. The number of methoxy groups -OCH3 is 1. The third kappa shape index (κ3) is 2.17. The van der Waals surface area contributed by atoms with Crippen LogP contribution in [0.15, 0.2) is 23.1 Å². The molecule has 0 aliphatic carbocycles. The van der Waals surface area contributed by atoms with Crippen LogP contribution in [0.25, 0.3) is 11.4 Å². The van der Waals surface area contributed by atoms with E-state index in [0.29, 0.717) is 11.4 Å². The predicted molar refractivity (Wildman–Crippen MR) is 62.4 cm³/mol. The van der Waals surface area contributed by atoms with E-state index in [4.69, 9.17) is 4.74 Å². The van der Waals surface area contributed by atoms with Crippen LogP contribution < -0.4 is 9.46 Å². The van der Waals surface area contributed by atoms with E-state index < -0.39 is 10.0 Å². The number of aromatic nitrogens is 4. The lowest BCUT2D eigenvalue weighted by Crippen LogP contribution is -2.19. The van der Waals surface area contributed by atoms with Gasteiger partial charge in [0.1, 0.15) is 10.6 Å². The summed E-state index contributed by atoms with van der Waals surface area (Å²) in [5.41, 5.74) is 0.607. The quantitative estimate of drug-likeness (QED) is 0.794. The summed E-state index contributed by atoms with van der Waals surface area (Å²) in [5, 5.41) is 13.4. The second kappa shape index (κ2) is 4.70. The van der Waals surface area contributed by atoms with Gasteiger partial charge in [0, 0.05) is 5.56 Å². The molecule has 2 rings (SSSR count). The van der Waals surface area contributed by atoms with E-state index in [0.717, 1.165) is 0 Å². The van der Waals surface area contributed by atoms with Crippen molar-refractivity contribution < 1.29 is 13.2 Å². The molecular formula is C9H11N5O3S. The van der Waals surface area contributed by atoms with Gasteiger partial charge in [-0.1, -0.05) is 0 Å². The fourth-order valence-corrected chi connectivity index (χ4v) is 2.30. The van der Waals surface area contributed by atoms with E-state index in [1.165, 1.54) is 26.3 Å². The van der Waals surface area contributed by atoms with Gasteiger partial charge >= 0.3 is 0 Å². The molecular weight excluding hydrogens is 258 g/mol. The number of nitrogens with zero attached hydrogens (tertiary/aromatic N) is 3. The first-order valence-electron chi connectivity index (χ1n) is 4.94. The second-order valence-electron chi connectivity index (χ2n) is 3.31. The van der Waals surface area contributed by atoms with Crippen LogP contribution in [-0.4, -0.2) is 43.2 Å². The van der Waals surface area contributed by atoms with Gasteiger partial charge in [-0.25, -0.2) is 13.1 Å². The molecule has 0 aliphatic heterocycles. The molecule has 0 spiro atoms. The monoisotopic (exact) mass is 269 g/mol. The molecule has 0 unspecified atom stereocenters. The average molecular weight is 269 g/mol. The minimum absolute atomic E-state index is 0.0553. The molecule has 2 aromatic rings. The molecule has 0 fully saturated rings. The Kier molecular flexibility index (Phi) is 3.26. The predicted octanol–water partition coefficient (Wildman–Crippen LogP) is -0.217. The number of hydrogen-bond donors (Lipinski definition) is 2. The molecule has 1 heterocycles. The van der Waals surface area contributed by atoms with Crippen LogP contribution in [-0.2, 0) is 10.0 Å². The Morgan fingerprint density at radius 3 is 2.72 bits per heavy atom. The molecule has 1 aromatic heterocycles. The van der Waals surface area contributed by atoms with Gasteiger partial charge in [-0.15, -0.1) is 10.2 Å². The van der Waals surface area contributed by atoms with Gasteiger partial charge in [-0.05, 0) is 30.5 Å². The Labute approximate surface area is 103 Å². The zero-order chi connectivity index (χ0) is 13.2. The third-order valence-electron chi connectivity index (χ3n) is 2.33. The van der Waals surface area contributed by atoms with E-state index in [-0.39, 0.29) is 10.6 Å². The number of rotatable bonds is 4. The van der Waals surface area contributed by atoms with Crippen LogP contribution in [0, 0.1) is 0 Å². The maximum absolute atomic E-state index is 11.7. The molecule has 8 nitrogen and oxygen atoms in total. The first-order valence-corrected chi connectivity index (χ1v) is 6.42. The summed E-state index contributed by atoms with van der Waals surface area (Å²) in [7, 11) is -0.838. The van der Waals surface area contributed by atoms with E-state index in [9.17, 15) is 8.42 Å². The summed E-state index contributed by atoms with van der Waals surface area (Å²) in [4.78, 5) is 0.0553. The minimum Gasteiger partial charge on any atom is -0.495 e. The van der Waals surface area contributed by atoms with Gasteiger partial charge in [-0.2, -0.15) is 5.21 Å². The van der Waals surface area contributed by atoms with Crippen LogP contribution in [0.3, 0.4) is 0 Å². The van der Waals surface area contributed by atoms with Crippen LogP contribution in [0.1, 0.15) is 0 Å². The fourth-order valence-electron chi connectivity index (χ4n) is 1.42. The Morgan fingerprint density at radius 2 is 2.17 bits per heavy atom. The minimum atomic E-state index is -3.57. The topological polar surface area (TPSA) is 110 Å². The number of ether oxygens (including phenoxy) is 1. The Morgan fingerprint density at radius 1 is 1.39 bits per heavy atom. The van der Waals surface area contributed by atoms with Gasteiger partial charge in [0.15, 0.2) is 0 Å². The van der Waals surface area contributed by atoms with Crippen molar-refractivity contribution >= 4 is 10.0 Å². The summed E-state index contributed by atoms with van der Waals surface area (Å²) in [6.07, 6.45) is 0. The zero-order valence-electron chi connectivity index (χ0n) is 9.71. The number of aromatic amines is 1. The highest BCUT2D eigenvalue weighted by Crippen LogP contribution is 2.28. The number of tetrazole rings is 1. The number of hydrogen-bond acceptors (Lipinski definition) is 6. The van der Waals surface area contributed by atoms with Crippen molar-refractivity contribution in [3.05, 3.63) is 18.2 Å². The molecule has 2 N–H and O–H groups in total. The summed E-state index contributed by atoms with van der Waals surface area (Å²) >= 11 is 0. The summed E-state index contributed by atoms with van der Waals surface area (Å²) in [6.45, 7) is 0. The van der Waals surface area contributed by atoms with Crippen molar-refractivity contribution in [3.63, 3.8) is 0 Å². The number of H-pyrrole nitrogens is 1. The van der Waals surface area contributed by atoms with E-state index in [2.05, 4.69) is 25.3 Å². The van der Waals surface area contributed by atoms with E-state index >= 15 is 0 Å². The normalized spacial score (nSPS) is 11.4. The van der Waals surface area contributed by atoms with Crippen LogP contribution in [0.5, 0.6) is 5.75 Å². The first kappa shape index (κ1) is 12.5. The standard InChI is InChI=1S/C9H11N5O3S/c1-10-18(15,16)8-4-3-6(5-7(8)17-2)9-11-13-14-12-9/h3-5,10H,1-2H3,(H,11,12,13,14). The molecule has 0 saturated heterocycles. The van der Waals surface area contributed by atoms with Crippen molar-refractivity contribution in [2.75, 3.05) is 14.2 Å². The SMILES string of the molecule is CNS(=O)(=O)c1ccc(-c2nn[nH]n2)cc1OC. The first-order chi connectivity index (χ1) is 8.58. The molecule has 0 radical (unpaired) electrons. The van der Waals surface area contributed by atoms with Crippen molar-refractivity contribution in [2.45, 2.75) is 4.90 Å². The summed E-state index contributed by atoms with van der Waals surface area (Å²) < 4.78 is 30.8. The van der Waals surface area contributed by atoms with Gasteiger partial charge in [0.05, 0.1) is 7.11 Å². The molecule has 0 saturated carbocycles. The number of nitrogens with one attached hydrogen (secondary N) is 2. The Hall–Kier alpha value is -2.00. The molecule has 0 bridgehead atoms. The van der Waals surface area contributed by atoms with Gasteiger partial charge < -0.3 is 4.74 Å². The fraction of sp³-hybridized carbons (Fsp3) is 0.222.